The fraction of sp³-hybridized carbons (Fsp3) is 0.0435. The molecule has 5 aromatic rings. The van der Waals surface area contributed by atoms with Crippen LogP contribution in [-0.2, 0) is 7.05 Å². The number of hydrogen-bond donors (Lipinski definition) is 1. The number of H-pyrrole nitrogens is 1. The third-order valence-corrected chi connectivity index (χ3v) is 4.89. The van der Waals surface area contributed by atoms with Gasteiger partial charge in [-0.15, -0.1) is 0 Å². The number of benzene rings is 3. The summed E-state index contributed by atoms with van der Waals surface area (Å²) in [5.74, 6) is 0.905. The molecule has 27 heavy (non-hydrogen) atoms. The van der Waals surface area contributed by atoms with Gasteiger partial charge in [0.2, 0.25) is 0 Å². The molecule has 2 heterocycles. The Labute approximate surface area is 157 Å². The van der Waals surface area contributed by atoms with Gasteiger partial charge >= 0.3 is 0 Å². The van der Waals surface area contributed by atoms with Gasteiger partial charge in [0, 0.05) is 18.2 Å². The second-order valence-electron chi connectivity index (χ2n) is 6.54. The van der Waals surface area contributed by atoms with Gasteiger partial charge in [-0.2, -0.15) is 5.10 Å². The topological polar surface area (TPSA) is 46.5 Å². The number of para-hydroxylation sites is 2. The van der Waals surface area contributed by atoms with Crippen molar-refractivity contribution in [3.05, 3.63) is 84.9 Å². The first kappa shape index (κ1) is 15.6. The van der Waals surface area contributed by atoms with Crippen molar-refractivity contribution in [3.63, 3.8) is 0 Å². The molecule has 0 aliphatic carbocycles. The maximum atomic E-state index is 4.93. The van der Waals surface area contributed by atoms with Crippen LogP contribution in [0.2, 0.25) is 0 Å². The monoisotopic (exact) mass is 350 g/mol. The number of aryl methyl sites for hydroxylation is 1. The zero-order valence-corrected chi connectivity index (χ0v) is 14.9. The van der Waals surface area contributed by atoms with E-state index in [1.165, 1.54) is 0 Å². The van der Waals surface area contributed by atoms with Crippen molar-refractivity contribution in [2.24, 2.45) is 7.05 Å². The van der Waals surface area contributed by atoms with Gasteiger partial charge in [-0.05, 0) is 12.1 Å². The number of nitrogens with one attached hydrogen (secondary N) is 1. The molecule has 2 aromatic heterocycles. The minimum Gasteiger partial charge on any atom is -0.327 e. The summed E-state index contributed by atoms with van der Waals surface area (Å²) in [4.78, 5) is 4.93. The van der Waals surface area contributed by atoms with Crippen molar-refractivity contribution in [1.29, 1.82) is 0 Å². The van der Waals surface area contributed by atoms with Crippen LogP contribution >= 0.6 is 0 Å². The standard InChI is InChI=1S/C23H18N4/c1-27-19-15-9-8-14-18(19)24-23(27)20-21(16-10-4-2-5-11-16)25-26-22(20)17-12-6-3-7-13-17/h2-15H,1H3,(H,25,26). The molecule has 0 aliphatic heterocycles. The lowest BCUT2D eigenvalue weighted by Crippen LogP contribution is -1.95. The van der Waals surface area contributed by atoms with Crippen molar-refractivity contribution in [3.8, 4) is 33.9 Å². The Morgan fingerprint density at radius 1 is 0.741 bits per heavy atom. The zero-order valence-electron chi connectivity index (χ0n) is 14.9. The molecule has 0 radical (unpaired) electrons. The number of rotatable bonds is 3. The Kier molecular flexibility index (Phi) is 3.61. The highest BCUT2D eigenvalue weighted by Crippen LogP contribution is 2.38. The summed E-state index contributed by atoms with van der Waals surface area (Å²) in [7, 11) is 2.06. The Hall–Kier alpha value is -3.66. The van der Waals surface area contributed by atoms with Gasteiger partial charge in [-0.1, -0.05) is 72.8 Å². The third kappa shape index (κ3) is 2.54. The molecule has 0 bridgehead atoms. The molecule has 0 unspecified atom stereocenters. The maximum absolute atomic E-state index is 4.93. The summed E-state index contributed by atoms with van der Waals surface area (Å²) in [6, 6.07) is 28.7. The number of imidazole rings is 1. The fourth-order valence-corrected chi connectivity index (χ4v) is 3.55. The molecule has 4 nitrogen and oxygen atoms in total. The van der Waals surface area contributed by atoms with E-state index in [2.05, 4.69) is 52.1 Å². The average Bonchev–Trinajstić information content (AvgIpc) is 3.31. The molecule has 1 N–H and O–H groups in total. The highest BCUT2D eigenvalue weighted by atomic mass is 15.1. The summed E-state index contributed by atoms with van der Waals surface area (Å²) >= 11 is 0. The summed E-state index contributed by atoms with van der Waals surface area (Å²) in [6.07, 6.45) is 0. The van der Waals surface area contributed by atoms with Gasteiger partial charge in [-0.3, -0.25) is 5.10 Å². The Balaban J connectivity index is 1.83. The van der Waals surface area contributed by atoms with Crippen LogP contribution in [0.3, 0.4) is 0 Å². The highest BCUT2D eigenvalue weighted by Gasteiger charge is 2.22. The molecular weight excluding hydrogens is 332 g/mol. The van der Waals surface area contributed by atoms with Gasteiger partial charge in [0.1, 0.15) is 11.5 Å². The smallest absolute Gasteiger partial charge is 0.145 e. The van der Waals surface area contributed by atoms with E-state index in [9.17, 15) is 0 Å². The van der Waals surface area contributed by atoms with Crippen molar-refractivity contribution >= 4 is 11.0 Å². The van der Waals surface area contributed by atoms with E-state index >= 15 is 0 Å². The van der Waals surface area contributed by atoms with Crippen LogP contribution in [0.1, 0.15) is 0 Å². The number of aromatic nitrogens is 4. The predicted molar refractivity (Wildman–Crippen MR) is 109 cm³/mol. The molecule has 0 spiro atoms. The van der Waals surface area contributed by atoms with Crippen LogP contribution in [0.5, 0.6) is 0 Å². The Morgan fingerprint density at radius 3 is 2.07 bits per heavy atom. The third-order valence-electron chi connectivity index (χ3n) is 4.89. The highest BCUT2D eigenvalue weighted by molar-refractivity contribution is 5.92. The fourth-order valence-electron chi connectivity index (χ4n) is 3.55. The summed E-state index contributed by atoms with van der Waals surface area (Å²) in [5, 5.41) is 7.93. The zero-order chi connectivity index (χ0) is 18.2. The number of aromatic amines is 1. The number of nitrogens with zero attached hydrogens (tertiary/aromatic N) is 3. The Bertz CT molecular complexity index is 1160. The molecule has 5 rings (SSSR count). The van der Waals surface area contributed by atoms with Gasteiger partial charge in [-0.25, -0.2) is 4.98 Å². The van der Waals surface area contributed by atoms with E-state index in [0.717, 1.165) is 44.9 Å². The molecule has 0 fully saturated rings. The van der Waals surface area contributed by atoms with Gasteiger partial charge in [0.25, 0.3) is 0 Å². The summed E-state index contributed by atoms with van der Waals surface area (Å²) in [6.45, 7) is 0. The molecule has 0 saturated carbocycles. The second kappa shape index (κ2) is 6.25. The van der Waals surface area contributed by atoms with E-state index < -0.39 is 0 Å². The van der Waals surface area contributed by atoms with Gasteiger partial charge in [0.05, 0.1) is 22.3 Å². The van der Waals surface area contributed by atoms with E-state index in [1.54, 1.807) is 0 Å². The minimum absolute atomic E-state index is 0.905. The molecular formula is C23H18N4. The average molecular weight is 350 g/mol. The predicted octanol–water partition coefficient (Wildman–Crippen LogP) is 5.30. The van der Waals surface area contributed by atoms with Crippen molar-refractivity contribution in [1.82, 2.24) is 19.7 Å². The van der Waals surface area contributed by atoms with Crippen LogP contribution < -0.4 is 0 Å². The number of hydrogen-bond acceptors (Lipinski definition) is 2. The molecule has 0 atom stereocenters. The van der Waals surface area contributed by atoms with Crippen LogP contribution in [-0.4, -0.2) is 19.7 Å². The first-order valence-corrected chi connectivity index (χ1v) is 8.94. The van der Waals surface area contributed by atoms with Crippen molar-refractivity contribution in [2.75, 3.05) is 0 Å². The van der Waals surface area contributed by atoms with Crippen LogP contribution in [0.15, 0.2) is 84.9 Å². The second-order valence-corrected chi connectivity index (χ2v) is 6.54. The van der Waals surface area contributed by atoms with Gasteiger partial charge < -0.3 is 4.57 Å². The Morgan fingerprint density at radius 2 is 1.37 bits per heavy atom. The van der Waals surface area contributed by atoms with Crippen LogP contribution in [0.25, 0.3) is 44.9 Å². The number of fused-ring (bicyclic) bond motifs is 1. The summed E-state index contributed by atoms with van der Waals surface area (Å²) < 4.78 is 2.14. The lowest BCUT2D eigenvalue weighted by atomic mass is 10.0. The molecule has 3 aromatic carbocycles. The first-order chi connectivity index (χ1) is 13.3. The van der Waals surface area contributed by atoms with E-state index in [0.29, 0.717) is 0 Å². The van der Waals surface area contributed by atoms with E-state index in [-0.39, 0.29) is 0 Å². The molecule has 130 valence electrons. The largest absolute Gasteiger partial charge is 0.327 e. The van der Waals surface area contributed by atoms with E-state index in [4.69, 9.17) is 4.98 Å². The first-order valence-electron chi connectivity index (χ1n) is 8.94. The van der Waals surface area contributed by atoms with Crippen LogP contribution in [0.4, 0.5) is 0 Å². The maximum Gasteiger partial charge on any atom is 0.145 e. The molecule has 0 aliphatic rings. The van der Waals surface area contributed by atoms with Crippen LogP contribution in [0, 0.1) is 0 Å². The SMILES string of the molecule is Cn1c(-c2c(-c3ccccc3)n[nH]c2-c2ccccc2)nc2ccccc21. The van der Waals surface area contributed by atoms with Crippen molar-refractivity contribution < 1.29 is 0 Å². The van der Waals surface area contributed by atoms with Crippen molar-refractivity contribution in [2.45, 2.75) is 0 Å². The molecule has 0 saturated heterocycles. The minimum atomic E-state index is 0.905. The summed E-state index contributed by atoms with van der Waals surface area (Å²) in [5.41, 5.74) is 7.15. The lowest BCUT2D eigenvalue weighted by molar-refractivity contribution is 0.960. The normalized spacial score (nSPS) is 11.1. The van der Waals surface area contributed by atoms with E-state index in [1.807, 2.05) is 54.6 Å². The lowest BCUT2D eigenvalue weighted by Gasteiger charge is -2.07. The van der Waals surface area contributed by atoms with Gasteiger partial charge in [0.15, 0.2) is 0 Å². The molecule has 0 amide bonds. The molecule has 4 heteroatoms. The quantitative estimate of drug-likeness (QED) is 0.480.